The van der Waals surface area contributed by atoms with Crippen molar-refractivity contribution < 1.29 is 21.6 Å². The van der Waals surface area contributed by atoms with Gasteiger partial charge in [0.05, 0.1) is 11.9 Å². The van der Waals surface area contributed by atoms with Gasteiger partial charge in [0, 0.05) is 12.1 Å². The molecule has 20 heavy (non-hydrogen) atoms. The number of rotatable bonds is 5. The van der Waals surface area contributed by atoms with Crippen molar-refractivity contribution >= 4 is 37.3 Å². The Balaban J connectivity index is 3.31. The zero-order valence-corrected chi connectivity index (χ0v) is 12.5. The summed E-state index contributed by atoms with van der Waals surface area (Å²) in [4.78, 5) is 10.9. The summed E-state index contributed by atoms with van der Waals surface area (Å²) in [5.41, 5.74) is 0.0319. The standard InChI is InChI=1S/C10H15N3O5S2/c1-3-10(14)12-8-5-4-7(13-19(2,15)16)6-9(8)20(11,17)18/h4-6,13H,3H2,1-2H3,(H,12,14)(H2,11,17,18). The van der Waals surface area contributed by atoms with Gasteiger partial charge in [-0.15, -0.1) is 0 Å². The Kier molecular flexibility index (Phi) is 4.73. The quantitative estimate of drug-likeness (QED) is 0.704. The average Bonchev–Trinajstić information content (AvgIpc) is 2.27. The number of amides is 1. The zero-order valence-electron chi connectivity index (χ0n) is 10.9. The topological polar surface area (TPSA) is 135 Å². The van der Waals surface area contributed by atoms with E-state index in [-0.39, 0.29) is 22.7 Å². The maximum atomic E-state index is 11.5. The lowest BCUT2D eigenvalue weighted by atomic mass is 10.2. The molecule has 0 aliphatic heterocycles. The maximum absolute atomic E-state index is 11.5. The molecule has 0 bridgehead atoms. The Hall–Kier alpha value is -1.65. The SMILES string of the molecule is CCC(=O)Nc1ccc(NS(C)(=O)=O)cc1S(N)(=O)=O. The molecule has 0 saturated heterocycles. The minimum absolute atomic E-state index is 0.00148. The molecule has 1 amide bonds. The fourth-order valence-electron chi connectivity index (χ4n) is 1.38. The Morgan fingerprint density at radius 3 is 2.30 bits per heavy atom. The number of nitrogens with one attached hydrogen (secondary N) is 2. The van der Waals surface area contributed by atoms with E-state index in [4.69, 9.17) is 5.14 Å². The third kappa shape index (κ3) is 4.79. The van der Waals surface area contributed by atoms with E-state index in [1.54, 1.807) is 6.92 Å². The highest BCUT2D eigenvalue weighted by Crippen LogP contribution is 2.25. The van der Waals surface area contributed by atoms with Crippen molar-refractivity contribution in [3.8, 4) is 0 Å². The predicted molar refractivity (Wildman–Crippen MR) is 75.2 cm³/mol. The van der Waals surface area contributed by atoms with E-state index in [2.05, 4.69) is 10.0 Å². The molecule has 0 unspecified atom stereocenters. The highest BCUT2D eigenvalue weighted by molar-refractivity contribution is 7.92. The summed E-state index contributed by atoms with van der Waals surface area (Å²) in [7, 11) is -7.67. The summed E-state index contributed by atoms with van der Waals surface area (Å²) in [6.45, 7) is 1.60. The van der Waals surface area contributed by atoms with Crippen molar-refractivity contribution in [1.82, 2.24) is 0 Å². The number of benzene rings is 1. The van der Waals surface area contributed by atoms with Crippen LogP contribution in [0.5, 0.6) is 0 Å². The van der Waals surface area contributed by atoms with Gasteiger partial charge in [0.2, 0.25) is 26.0 Å². The molecule has 0 heterocycles. The Morgan fingerprint density at radius 2 is 1.85 bits per heavy atom. The molecule has 10 heteroatoms. The van der Waals surface area contributed by atoms with Crippen LogP contribution in [-0.4, -0.2) is 29.0 Å². The van der Waals surface area contributed by atoms with Crippen molar-refractivity contribution in [2.45, 2.75) is 18.2 Å². The van der Waals surface area contributed by atoms with Crippen molar-refractivity contribution in [1.29, 1.82) is 0 Å². The second kappa shape index (κ2) is 5.77. The maximum Gasteiger partial charge on any atom is 0.240 e. The lowest BCUT2D eigenvalue weighted by molar-refractivity contribution is -0.115. The first-order chi connectivity index (χ1) is 9.03. The van der Waals surface area contributed by atoms with E-state index < -0.39 is 26.0 Å². The summed E-state index contributed by atoms with van der Waals surface area (Å²) >= 11 is 0. The molecular weight excluding hydrogens is 306 g/mol. The Morgan fingerprint density at radius 1 is 1.25 bits per heavy atom. The van der Waals surface area contributed by atoms with Crippen LogP contribution in [0.25, 0.3) is 0 Å². The van der Waals surface area contributed by atoms with Crippen LogP contribution in [-0.2, 0) is 24.8 Å². The molecule has 0 fully saturated rings. The lowest BCUT2D eigenvalue weighted by Crippen LogP contribution is -2.18. The molecule has 112 valence electrons. The van der Waals surface area contributed by atoms with Crippen molar-refractivity contribution in [3.63, 3.8) is 0 Å². The first-order valence-electron chi connectivity index (χ1n) is 5.47. The van der Waals surface area contributed by atoms with Gasteiger partial charge in [-0.25, -0.2) is 22.0 Å². The van der Waals surface area contributed by atoms with Crippen LogP contribution in [0.2, 0.25) is 0 Å². The molecule has 0 aromatic heterocycles. The van der Waals surface area contributed by atoms with Crippen molar-refractivity contribution in [3.05, 3.63) is 18.2 Å². The molecule has 0 radical (unpaired) electrons. The highest BCUT2D eigenvalue weighted by atomic mass is 32.2. The molecule has 8 nitrogen and oxygen atoms in total. The Labute approximate surface area is 117 Å². The average molecular weight is 321 g/mol. The largest absolute Gasteiger partial charge is 0.325 e. The molecule has 0 aliphatic rings. The number of carbonyl (C=O) groups is 1. The fraction of sp³-hybridized carbons (Fsp3) is 0.300. The second-order valence-electron chi connectivity index (χ2n) is 4.03. The van der Waals surface area contributed by atoms with Gasteiger partial charge in [0.1, 0.15) is 4.90 Å². The van der Waals surface area contributed by atoms with E-state index in [1.807, 2.05) is 0 Å². The smallest absolute Gasteiger partial charge is 0.240 e. The summed E-state index contributed by atoms with van der Waals surface area (Å²) < 4.78 is 47.3. The van der Waals surface area contributed by atoms with Gasteiger partial charge in [0.15, 0.2) is 0 Å². The third-order valence-electron chi connectivity index (χ3n) is 2.19. The minimum Gasteiger partial charge on any atom is -0.325 e. The van der Waals surface area contributed by atoms with E-state index in [0.29, 0.717) is 0 Å². The summed E-state index contributed by atoms with van der Waals surface area (Å²) in [5, 5.41) is 7.43. The molecule has 4 N–H and O–H groups in total. The van der Waals surface area contributed by atoms with Gasteiger partial charge < -0.3 is 5.32 Å². The lowest BCUT2D eigenvalue weighted by Gasteiger charge is -2.11. The van der Waals surface area contributed by atoms with Crippen LogP contribution in [0.4, 0.5) is 11.4 Å². The van der Waals surface area contributed by atoms with Gasteiger partial charge >= 0.3 is 0 Å². The first kappa shape index (κ1) is 16.4. The fourth-order valence-corrected chi connectivity index (χ4v) is 2.65. The molecule has 0 spiro atoms. The monoisotopic (exact) mass is 321 g/mol. The minimum atomic E-state index is -4.11. The zero-order chi connectivity index (χ0) is 15.6. The van der Waals surface area contributed by atoms with Crippen LogP contribution in [0.1, 0.15) is 13.3 Å². The number of hydrogen-bond acceptors (Lipinski definition) is 5. The second-order valence-corrected chi connectivity index (χ2v) is 7.31. The van der Waals surface area contributed by atoms with Gasteiger partial charge in [-0.2, -0.15) is 0 Å². The van der Waals surface area contributed by atoms with Crippen LogP contribution >= 0.6 is 0 Å². The Bertz CT molecular complexity index is 725. The van der Waals surface area contributed by atoms with Crippen LogP contribution in [0.3, 0.4) is 0 Å². The van der Waals surface area contributed by atoms with Gasteiger partial charge in [-0.3, -0.25) is 9.52 Å². The summed E-state index contributed by atoms with van der Waals surface area (Å²) in [6, 6.07) is 3.63. The normalized spacial score (nSPS) is 11.9. The molecular formula is C10H15N3O5S2. The predicted octanol–water partition coefficient (Wildman–Crippen LogP) is 0.0540. The van der Waals surface area contributed by atoms with E-state index in [9.17, 15) is 21.6 Å². The van der Waals surface area contributed by atoms with Crippen molar-refractivity contribution in [2.24, 2.45) is 5.14 Å². The van der Waals surface area contributed by atoms with E-state index in [1.165, 1.54) is 12.1 Å². The molecule has 0 saturated carbocycles. The highest BCUT2D eigenvalue weighted by Gasteiger charge is 2.17. The van der Waals surface area contributed by atoms with E-state index in [0.717, 1.165) is 12.3 Å². The molecule has 0 atom stereocenters. The third-order valence-corrected chi connectivity index (χ3v) is 3.74. The molecule has 1 aromatic carbocycles. The van der Waals surface area contributed by atoms with Gasteiger partial charge in [-0.05, 0) is 18.2 Å². The number of nitrogens with two attached hydrogens (primary N) is 1. The molecule has 0 aliphatic carbocycles. The number of carbonyl (C=O) groups excluding carboxylic acids is 1. The van der Waals surface area contributed by atoms with Gasteiger partial charge in [-0.1, -0.05) is 6.92 Å². The number of anilines is 2. The number of primary sulfonamides is 1. The van der Waals surface area contributed by atoms with Gasteiger partial charge in [0.25, 0.3) is 0 Å². The van der Waals surface area contributed by atoms with E-state index >= 15 is 0 Å². The number of hydrogen-bond donors (Lipinski definition) is 3. The number of sulfonamides is 2. The summed E-state index contributed by atoms with van der Waals surface area (Å²) in [6.07, 6.45) is 1.09. The van der Waals surface area contributed by atoms with Crippen LogP contribution in [0, 0.1) is 0 Å². The molecule has 1 rings (SSSR count). The van der Waals surface area contributed by atoms with Crippen molar-refractivity contribution in [2.75, 3.05) is 16.3 Å². The molecule has 1 aromatic rings. The van der Waals surface area contributed by atoms with Crippen LogP contribution < -0.4 is 15.2 Å². The summed E-state index contributed by atoms with van der Waals surface area (Å²) in [5.74, 6) is -0.390. The first-order valence-corrected chi connectivity index (χ1v) is 8.91. The van der Waals surface area contributed by atoms with Crippen LogP contribution in [0.15, 0.2) is 23.1 Å².